The van der Waals surface area contributed by atoms with Crippen LogP contribution in [0.2, 0.25) is 0 Å². The first-order valence-corrected chi connectivity index (χ1v) is 4.49. The van der Waals surface area contributed by atoms with Crippen molar-refractivity contribution < 1.29 is 34.8 Å². The second-order valence-corrected chi connectivity index (χ2v) is 4.11. The van der Waals surface area contributed by atoms with E-state index in [1.165, 1.54) is 0 Å². The van der Waals surface area contributed by atoms with Crippen molar-refractivity contribution in [3.05, 3.63) is 0 Å². The molecule has 12 heavy (non-hydrogen) atoms. The smallest absolute Gasteiger partial charge is 0.291 e. The molecular formula is CHF4NO4S2. The molecule has 0 rings (SSSR count). The predicted molar refractivity (Wildman–Crippen MR) is 28.7 cm³/mol. The maximum Gasteiger partial charge on any atom is 0.515 e. The van der Waals surface area contributed by atoms with Crippen LogP contribution in [0.25, 0.3) is 0 Å². The van der Waals surface area contributed by atoms with Crippen molar-refractivity contribution >= 4 is 21.3 Å². The molecule has 0 saturated heterocycles. The predicted octanol–water partition coefficient (Wildman–Crippen LogP) is 0.159. The van der Waals surface area contributed by atoms with Gasteiger partial charge in [-0.1, -0.05) is 0 Å². The fourth-order valence-corrected chi connectivity index (χ4v) is 1.25. The normalized spacial score (nSPS) is 16.5. The Labute approximate surface area is 66.4 Å². The van der Waals surface area contributed by atoms with Gasteiger partial charge in [-0.3, -0.25) is 4.55 Å². The fraction of sp³-hybridized carbons (Fsp3) is 1.00. The van der Waals surface area contributed by atoms with Gasteiger partial charge in [-0.25, -0.2) is 4.21 Å². The largest absolute Gasteiger partial charge is 0.515 e. The van der Waals surface area contributed by atoms with Crippen LogP contribution in [0.15, 0.2) is 0 Å². The summed E-state index contributed by atoms with van der Waals surface area (Å²) in [5.74, 6) is 0. The van der Waals surface area contributed by atoms with Crippen LogP contribution in [0.4, 0.5) is 17.7 Å². The van der Waals surface area contributed by atoms with Crippen LogP contribution in [-0.4, -0.2) is 26.6 Å². The maximum atomic E-state index is 11.8. The molecule has 0 aromatic heterocycles. The highest BCUT2D eigenvalue weighted by Gasteiger charge is 2.53. The molecule has 0 aliphatic carbocycles. The third-order valence-electron chi connectivity index (χ3n) is 0.604. The number of hydrogen-bond donors (Lipinski definition) is 1. The van der Waals surface area contributed by atoms with E-state index in [4.69, 9.17) is 4.55 Å². The minimum absolute atomic E-state index is 2.19. The molecule has 0 heterocycles. The molecule has 11 heteroatoms. The van der Waals surface area contributed by atoms with Crippen molar-refractivity contribution in [1.82, 2.24) is 3.93 Å². The number of alkyl halides is 3. The van der Waals surface area contributed by atoms with Gasteiger partial charge in [-0.15, -0.1) is 4.48 Å². The second kappa shape index (κ2) is 3.24. The lowest BCUT2D eigenvalue weighted by atomic mass is 11.6. The van der Waals surface area contributed by atoms with Crippen molar-refractivity contribution in [3.63, 3.8) is 0 Å². The summed E-state index contributed by atoms with van der Waals surface area (Å²) >= 11 is -3.87. The molecule has 0 fully saturated rings. The summed E-state index contributed by atoms with van der Waals surface area (Å²) in [5.41, 5.74) is -5.93. The van der Waals surface area contributed by atoms with E-state index in [2.05, 4.69) is 0 Å². The van der Waals surface area contributed by atoms with Crippen molar-refractivity contribution in [3.8, 4) is 0 Å². The van der Waals surface area contributed by atoms with Crippen LogP contribution in [0.1, 0.15) is 0 Å². The molecule has 0 radical (unpaired) electrons. The lowest BCUT2D eigenvalue weighted by molar-refractivity contribution is -0.0512. The molecule has 0 spiro atoms. The first-order chi connectivity index (χ1) is 5.10. The maximum absolute atomic E-state index is 11.8. The first-order valence-electron chi connectivity index (χ1n) is 1.99. The Morgan fingerprint density at radius 1 is 1.33 bits per heavy atom. The zero-order valence-electron chi connectivity index (χ0n) is 4.95. The molecule has 1 N–H and O–H groups in total. The molecule has 0 aromatic rings. The van der Waals surface area contributed by atoms with Crippen LogP contribution in [-0.2, 0) is 21.3 Å². The highest BCUT2D eigenvalue weighted by atomic mass is 32.3. The Kier molecular flexibility index (Phi) is 3.17. The van der Waals surface area contributed by atoms with Gasteiger partial charge in [0.15, 0.2) is 0 Å². The Bertz CT molecular complexity index is 280. The van der Waals surface area contributed by atoms with E-state index in [0.717, 1.165) is 0 Å². The quantitative estimate of drug-likeness (QED) is 0.417. The number of nitrogens with zero attached hydrogens (tertiary/aromatic N) is 1. The summed E-state index contributed by atoms with van der Waals surface area (Å²) in [6.07, 6.45) is 0. The van der Waals surface area contributed by atoms with Gasteiger partial charge in [-0.05, 0) is 0 Å². The Balaban J connectivity index is 5.03. The first kappa shape index (κ1) is 11.7. The average Bonchev–Trinajstić information content (AvgIpc) is 1.83. The van der Waals surface area contributed by atoms with E-state index < -0.39 is 30.7 Å². The summed E-state index contributed by atoms with van der Waals surface area (Å²) in [4.78, 5) is 0. The Hall–Kier alpha value is -0.260. The van der Waals surface area contributed by atoms with Crippen LogP contribution in [0, 0.1) is 0 Å². The molecule has 74 valence electrons. The van der Waals surface area contributed by atoms with Crippen molar-refractivity contribution in [2.24, 2.45) is 0 Å². The molecular weight excluding hydrogens is 230 g/mol. The molecule has 0 aliphatic heterocycles. The Morgan fingerprint density at radius 3 is 1.75 bits per heavy atom. The summed E-state index contributed by atoms with van der Waals surface area (Å²) < 4.78 is 80.5. The molecule has 0 amide bonds. The zero-order chi connectivity index (χ0) is 10.2. The van der Waals surface area contributed by atoms with Crippen molar-refractivity contribution in [2.45, 2.75) is 5.51 Å². The van der Waals surface area contributed by atoms with E-state index in [0.29, 0.717) is 0 Å². The van der Waals surface area contributed by atoms with E-state index in [9.17, 15) is 30.3 Å². The van der Waals surface area contributed by atoms with Crippen LogP contribution >= 0.6 is 0 Å². The van der Waals surface area contributed by atoms with Crippen LogP contribution < -0.4 is 0 Å². The van der Waals surface area contributed by atoms with Gasteiger partial charge in [0, 0.05) is 0 Å². The van der Waals surface area contributed by atoms with Gasteiger partial charge in [0.25, 0.3) is 11.3 Å². The second-order valence-electron chi connectivity index (χ2n) is 1.36. The molecule has 0 aromatic carbocycles. The number of halogens is 4. The molecule has 1 atom stereocenters. The van der Waals surface area contributed by atoms with E-state index in [1.54, 1.807) is 0 Å². The lowest BCUT2D eigenvalue weighted by Crippen LogP contribution is -2.36. The SMILES string of the molecule is O=S(O)N(F)S(=O)(=O)C(F)(F)F. The minimum Gasteiger partial charge on any atom is -0.291 e. The Morgan fingerprint density at radius 2 is 1.67 bits per heavy atom. The summed E-state index contributed by atoms with van der Waals surface area (Å²) in [6, 6.07) is 0. The average molecular weight is 231 g/mol. The highest BCUT2D eigenvalue weighted by Crippen LogP contribution is 2.27. The monoisotopic (exact) mass is 231 g/mol. The van der Waals surface area contributed by atoms with Gasteiger partial charge < -0.3 is 0 Å². The van der Waals surface area contributed by atoms with Gasteiger partial charge >= 0.3 is 15.5 Å². The molecule has 0 bridgehead atoms. The van der Waals surface area contributed by atoms with Crippen LogP contribution in [0.5, 0.6) is 0 Å². The highest BCUT2D eigenvalue weighted by molar-refractivity contribution is 7.99. The van der Waals surface area contributed by atoms with Gasteiger partial charge in [0.2, 0.25) is 0 Å². The third kappa shape index (κ3) is 2.12. The van der Waals surface area contributed by atoms with E-state index in [-0.39, 0.29) is 0 Å². The molecule has 1 unspecified atom stereocenters. The standard InChI is InChI=1S/CHF4NO4S2/c2-1(3,4)12(9,10)6(5)11(7)8/h(H,7,8). The zero-order valence-corrected chi connectivity index (χ0v) is 6.58. The fourth-order valence-electron chi connectivity index (χ4n) is 0.165. The number of rotatable bonds is 2. The topological polar surface area (TPSA) is 74.7 Å². The summed E-state index contributed by atoms with van der Waals surface area (Å²) in [5, 5.41) is 0. The molecule has 0 aliphatic rings. The van der Waals surface area contributed by atoms with Crippen molar-refractivity contribution in [1.29, 1.82) is 0 Å². The summed E-state index contributed by atoms with van der Waals surface area (Å²) in [7, 11) is -6.36. The van der Waals surface area contributed by atoms with Crippen LogP contribution in [0.3, 0.4) is 0 Å². The molecule has 0 saturated carbocycles. The summed E-state index contributed by atoms with van der Waals surface area (Å²) in [6.45, 7) is 0. The number of hydrogen-bond acceptors (Lipinski definition) is 3. The third-order valence-corrected chi connectivity index (χ3v) is 2.78. The van der Waals surface area contributed by atoms with E-state index in [1.807, 2.05) is 0 Å². The minimum atomic E-state index is -6.36. The molecule has 5 nitrogen and oxygen atoms in total. The van der Waals surface area contributed by atoms with Gasteiger partial charge in [0.05, 0.1) is 3.93 Å². The number of sulfonamides is 1. The lowest BCUT2D eigenvalue weighted by Gasteiger charge is -2.09. The van der Waals surface area contributed by atoms with Gasteiger partial charge in [0.1, 0.15) is 0 Å². The van der Waals surface area contributed by atoms with Crippen molar-refractivity contribution in [2.75, 3.05) is 0 Å². The van der Waals surface area contributed by atoms with Gasteiger partial charge in [-0.2, -0.15) is 21.6 Å². The van der Waals surface area contributed by atoms with E-state index >= 15 is 0 Å².